The Labute approximate surface area is 120 Å². The summed E-state index contributed by atoms with van der Waals surface area (Å²) in [6.45, 7) is 0. The minimum atomic E-state index is -0.945. The lowest BCUT2D eigenvalue weighted by atomic mass is 10.2. The van der Waals surface area contributed by atoms with Gasteiger partial charge >= 0.3 is 5.97 Å². The number of carboxylic acid groups (broad SMARTS) is 1. The molecule has 0 aromatic heterocycles. The van der Waals surface area contributed by atoms with Crippen molar-refractivity contribution in [1.82, 2.24) is 0 Å². The van der Waals surface area contributed by atoms with Crippen molar-refractivity contribution in [2.24, 2.45) is 0 Å². The summed E-state index contributed by atoms with van der Waals surface area (Å²) in [5.41, 5.74) is 0.864. The molecule has 2 rings (SSSR count). The SMILES string of the molecule is O=C(O)C=Cc1ccc(Sc2ccc(Cl)cc2)cc1. The predicted octanol–water partition coefficient (Wildman–Crippen LogP) is 4.59. The van der Waals surface area contributed by atoms with Gasteiger partial charge in [-0.1, -0.05) is 35.5 Å². The Balaban J connectivity index is 2.06. The fourth-order valence-electron chi connectivity index (χ4n) is 1.45. The number of benzene rings is 2. The highest BCUT2D eigenvalue weighted by atomic mass is 35.5. The van der Waals surface area contributed by atoms with Gasteiger partial charge in [0, 0.05) is 20.9 Å². The number of carboxylic acids is 1. The van der Waals surface area contributed by atoms with Crippen molar-refractivity contribution in [3.63, 3.8) is 0 Å². The molecular weight excluding hydrogens is 280 g/mol. The molecule has 0 atom stereocenters. The van der Waals surface area contributed by atoms with Crippen molar-refractivity contribution in [3.8, 4) is 0 Å². The van der Waals surface area contributed by atoms with Crippen molar-refractivity contribution in [2.75, 3.05) is 0 Å². The molecule has 0 fully saturated rings. The molecule has 0 unspecified atom stereocenters. The lowest BCUT2D eigenvalue weighted by Gasteiger charge is -2.02. The van der Waals surface area contributed by atoms with Crippen LogP contribution in [0.3, 0.4) is 0 Å². The molecule has 1 N–H and O–H groups in total. The minimum absolute atomic E-state index is 0.721. The van der Waals surface area contributed by atoms with Crippen LogP contribution in [0.2, 0.25) is 5.02 Å². The minimum Gasteiger partial charge on any atom is -0.478 e. The first kappa shape index (κ1) is 13.7. The maximum atomic E-state index is 10.4. The number of carbonyl (C=O) groups is 1. The average molecular weight is 291 g/mol. The highest BCUT2D eigenvalue weighted by Crippen LogP contribution is 2.28. The molecule has 96 valence electrons. The number of hydrogen-bond acceptors (Lipinski definition) is 2. The second-order valence-corrected chi connectivity index (χ2v) is 5.38. The Kier molecular flexibility index (Phi) is 4.66. The predicted molar refractivity (Wildman–Crippen MR) is 78.7 cm³/mol. The number of aliphatic carboxylic acids is 1. The Morgan fingerprint density at radius 1 is 1.00 bits per heavy atom. The van der Waals surface area contributed by atoms with Crippen LogP contribution in [0.15, 0.2) is 64.4 Å². The summed E-state index contributed by atoms with van der Waals surface area (Å²) in [6.07, 6.45) is 2.69. The van der Waals surface area contributed by atoms with E-state index in [1.807, 2.05) is 48.5 Å². The van der Waals surface area contributed by atoms with Crippen molar-refractivity contribution >= 4 is 35.4 Å². The third-order valence-electron chi connectivity index (χ3n) is 2.35. The largest absolute Gasteiger partial charge is 0.478 e. The first-order chi connectivity index (χ1) is 9.13. The van der Waals surface area contributed by atoms with Gasteiger partial charge in [0.1, 0.15) is 0 Å². The van der Waals surface area contributed by atoms with Crippen molar-refractivity contribution in [3.05, 3.63) is 65.2 Å². The molecule has 0 aliphatic heterocycles. The quantitative estimate of drug-likeness (QED) is 0.837. The standard InChI is InChI=1S/C15H11ClO2S/c16-12-4-8-14(9-5-12)19-13-6-1-11(2-7-13)3-10-15(17)18/h1-10H,(H,17,18). The van der Waals surface area contributed by atoms with Crippen LogP contribution in [-0.2, 0) is 4.79 Å². The van der Waals surface area contributed by atoms with Gasteiger partial charge in [0.25, 0.3) is 0 Å². The van der Waals surface area contributed by atoms with Gasteiger partial charge in [0.05, 0.1) is 0 Å². The van der Waals surface area contributed by atoms with Crippen LogP contribution in [0.4, 0.5) is 0 Å². The maximum Gasteiger partial charge on any atom is 0.328 e. The van der Waals surface area contributed by atoms with E-state index in [2.05, 4.69) is 0 Å². The van der Waals surface area contributed by atoms with Crippen LogP contribution in [0.25, 0.3) is 6.08 Å². The number of halogens is 1. The fourth-order valence-corrected chi connectivity index (χ4v) is 2.40. The summed E-state index contributed by atoms with van der Waals surface area (Å²) in [5.74, 6) is -0.945. The van der Waals surface area contributed by atoms with Gasteiger partial charge in [-0.05, 0) is 48.0 Å². The Morgan fingerprint density at radius 2 is 1.53 bits per heavy atom. The highest BCUT2D eigenvalue weighted by molar-refractivity contribution is 7.99. The Hall–Kier alpha value is -1.71. The summed E-state index contributed by atoms with van der Waals surface area (Å²) in [4.78, 5) is 12.6. The van der Waals surface area contributed by atoms with Crippen LogP contribution in [-0.4, -0.2) is 11.1 Å². The molecule has 0 bridgehead atoms. The summed E-state index contributed by atoms with van der Waals surface area (Å²) in [5, 5.41) is 9.27. The van der Waals surface area contributed by atoms with Gasteiger partial charge in [-0.3, -0.25) is 0 Å². The van der Waals surface area contributed by atoms with Gasteiger partial charge in [0.2, 0.25) is 0 Å². The summed E-state index contributed by atoms with van der Waals surface area (Å²) in [6, 6.07) is 15.3. The van der Waals surface area contributed by atoms with Gasteiger partial charge < -0.3 is 5.11 Å². The summed E-state index contributed by atoms with van der Waals surface area (Å²) in [7, 11) is 0. The second-order valence-electron chi connectivity index (χ2n) is 3.80. The molecule has 0 aliphatic rings. The van der Waals surface area contributed by atoms with Gasteiger partial charge in [-0.2, -0.15) is 0 Å². The average Bonchev–Trinajstić information content (AvgIpc) is 2.40. The Bertz CT molecular complexity index is 589. The van der Waals surface area contributed by atoms with Gasteiger partial charge in [-0.15, -0.1) is 0 Å². The van der Waals surface area contributed by atoms with Crippen LogP contribution in [0.5, 0.6) is 0 Å². The normalized spacial score (nSPS) is 10.8. The van der Waals surface area contributed by atoms with E-state index in [0.29, 0.717) is 0 Å². The lowest BCUT2D eigenvalue weighted by Crippen LogP contribution is -1.85. The fraction of sp³-hybridized carbons (Fsp3) is 0. The van der Waals surface area contributed by atoms with Crippen molar-refractivity contribution in [1.29, 1.82) is 0 Å². The summed E-state index contributed by atoms with van der Waals surface area (Å²) >= 11 is 7.46. The van der Waals surface area contributed by atoms with Gasteiger partial charge in [0.15, 0.2) is 0 Å². The first-order valence-electron chi connectivity index (χ1n) is 5.58. The zero-order valence-electron chi connectivity index (χ0n) is 9.92. The molecule has 2 nitrogen and oxygen atoms in total. The second kappa shape index (κ2) is 6.45. The maximum absolute atomic E-state index is 10.4. The number of rotatable bonds is 4. The van der Waals surface area contributed by atoms with E-state index in [-0.39, 0.29) is 0 Å². The van der Waals surface area contributed by atoms with E-state index in [1.165, 1.54) is 0 Å². The molecule has 19 heavy (non-hydrogen) atoms. The topological polar surface area (TPSA) is 37.3 Å². The van der Waals surface area contributed by atoms with Crippen LogP contribution < -0.4 is 0 Å². The van der Waals surface area contributed by atoms with Gasteiger partial charge in [-0.25, -0.2) is 4.79 Å². The summed E-state index contributed by atoms with van der Waals surface area (Å²) < 4.78 is 0. The zero-order chi connectivity index (χ0) is 13.7. The molecule has 0 heterocycles. The molecule has 4 heteroatoms. The number of hydrogen-bond donors (Lipinski definition) is 1. The molecule has 0 radical (unpaired) electrons. The van der Waals surface area contributed by atoms with E-state index in [4.69, 9.17) is 16.7 Å². The first-order valence-corrected chi connectivity index (χ1v) is 6.77. The van der Waals surface area contributed by atoms with E-state index < -0.39 is 5.97 Å². The lowest BCUT2D eigenvalue weighted by molar-refractivity contribution is -0.131. The smallest absolute Gasteiger partial charge is 0.328 e. The van der Waals surface area contributed by atoms with Crippen LogP contribution >= 0.6 is 23.4 Å². The van der Waals surface area contributed by atoms with Crippen molar-refractivity contribution < 1.29 is 9.90 Å². The van der Waals surface area contributed by atoms with Crippen LogP contribution in [0, 0.1) is 0 Å². The third-order valence-corrected chi connectivity index (χ3v) is 3.62. The Morgan fingerprint density at radius 3 is 2.05 bits per heavy atom. The molecular formula is C15H11ClO2S. The molecule has 2 aromatic rings. The zero-order valence-corrected chi connectivity index (χ0v) is 11.5. The van der Waals surface area contributed by atoms with Crippen LogP contribution in [0.1, 0.15) is 5.56 Å². The van der Waals surface area contributed by atoms with Crippen molar-refractivity contribution in [2.45, 2.75) is 9.79 Å². The molecule has 0 aliphatic carbocycles. The third kappa shape index (κ3) is 4.47. The highest BCUT2D eigenvalue weighted by Gasteiger charge is 1.98. The van der Waals surface area contributed by atoms with E-state index in [0.717, 1.165) is 26.5 Å². The molecule has 0 saturated heterocycles. The monoisotopic (exact) mass is 290 g/mol. The molecule has 2 aromatic carbocycles. The van der Waals surface area contributed by atoms with E-state index >= 15 is 0 Å². The molecule has 0 saturated carbocycles. The van der Waals surface area contributed by atoms with E-state index in [9.17, 15) is 4.79 Å². The van der Waals surface area contributed by atoms with E-state index in [1.54, 1.807) is 17.8 Å². The molecule has 0 amide bonds. The molecule has 0 spiro atoms.